The van der Waals surface area contributed by atoms with Crippen molar-refractivity contribution < 1.29 is 14.5 Å². The van der Waals surface area contributed by atoms with Crippen LogP contribution in [0.15, 0.2) is 50.4 Å². The Morgan fingerprint density at radius 1 is 1.31 bits per heavy atom. The molecule has 9 heteroatoms. The number of rotatable bonds is 6. The summed E-state index contributed by atoms with van der Waals surface area (Å²) < 4.78 is 7.16. The summed E-state index contributed by atoms with van der Waals surface area (Å²) in [5, 5.41) is 14.8. The second-order valence-corrected chi connectivity index (χ2v) is 7.13. The van der Waals surface area contributed by atoms with Crippen LogP contribution >= 0.6 is 31.9 Å². The molecule has 0 bridgehead atoms. The van der Waals surface area contributed by atoms with Gasteiger partial charge in [0, 0.05) is 22.2 Å². The van der Waals surface area contributed by atoms with Crippen molar-refractivity contribution in [1.82, 2.24) is 5.43 Å². The molecule has 0 fully saturated rings. The average molecular weight is 485 g/mol. The summed E-state index contributed by atoms with van der Waals surface area (Å²) in [6.45, 7) is 3.30. The third-order valence-electron chi connectivity index (χ3n) is 3.36. The fourth-order valence-corrected chi connectivity index (χ4v) is 3.65. The molecule has 0 aromatic heterocycles. The average Bonchev–Trinajstić information content (AvgIpc) is 2.58. The van der Waals surface area contributed by atoms with Gasteiger partial charge in [-0.05, 0) is 47.5 Å². The monoisotopic (exact) mass is 483 g/mol. The summed E-state index contributed by atoms with van der Waals surface area (Å²) in [6, 6.07) is 9.72. The summed E-state index contributed by atoms with van der Waals surface area (Å²) in [6.07, 6.45) is 0. The van der Waals surface area contributed by atoms with E-state index in [4.69, 9.17) is 4.74 Å². The lowest BCUT2D eigenvalue weighted by Gasteiger charge is -2.11. The maximum atomic E-state index is 11.9. The zero-order chi connectivity index (χ0) is 19.3. The number of carbonyl (C=O) groups excluding carboxylic acids is 1. The van der Waals surface area contributed by atoms with Crippen molar-refractivity contribution in [3.05, 3.63) is 66.6 Å². The van der Waals surface area contributed by atoms with Crippen molar-refractivity contribution in [2.75, 3.05) is 6.61 Å². The number of amides is 1. The number of non-ortho nitro benzene ring substituents is 1. The number of halogens is 2. The van der Waals surface area contributed by atoms with E-state index < -0.39 is 10.8 Å². The van der Waals surface area contributed by atoms with Crippen LogP contribution in [0.25, 0.3) is 0 Å². The molecule has 2 aromatic carbocycles. The highest BCUT2D eigenvalue weighted by atomic mass is 79.9. The molecule has 0 aliphatic rings. The summed E-state index contributed by atoms with van der Waals surface area (Å²) in [4.78, 5) is 22.3. The highest BCUT2D eigenvalue weighted by Gasteiger charge is 2.10. The van der Waals surface area contributed by atoms with E-state index in [-0.39, 0.29) is 12.3 Å². The number of hydrazone groups is 1. The molecule has 0 radical (unpaired) electrons. The molecule has 0 aliphatic carbocycles. The van der Waals surface area contributed by atoms with Gasteiger partial charge in [-0.25, -0.2) is 5.43 Å². The van der Waals surface area contributed by atoms with Gasteiger partial charge < -0.3 is 4.74 Å². The molecule has 0 spiro atoms. The second kappa shape index (κ2) is 8.91. The van der Waals surface area contributed by atoms with E-state index >= 15 is 0 Å². The van der Waals surface area contributed by atoms with Crippen LogP contribution in [-0.2, 0) is 4.79 Å². The molecule has 2 aromatic rings. The van der Waals surface area contributed by atoms with Gasteiger partial charge in [0.15, 0.2) is 6.61 Å². The maximum absolute atomic E-state index is 11.9. The topological polar surface area (TPSA) is 93.8 Å². The van der Waals surface area contributed by atoms with Gasteiger partial charge in [0.1, 0.15) is 5.75 Å². The van der Waals surface area contributed by atoms with Crippen molar-refractivity contribution in [2.24, 2.45) is 5.10 Å². The standard InChI is InChI=1S/C17H15Br2N3O4/c1-10-6-13(18)8-15(19)17(10)26-9-16(23)21-20-11(2)12-4-3-5-14(7-12)22(24)25/h3-8H,9H2,1-2H3,(H,21,23). The molecule has 26 heavy (non-hydrogen) atoms. The number of ether oxygens (including phenoxy) is 1. The third-order valence-corrected chi connectivity index (χ3v) is 4.41. The molecule has 0 heterocycles. The van der Waals surface area contributed by atoms with Gasteiger partial charge in [-0.1, -0.05) is 28.1 Å². The van der Waals surface area contributed by atoms with Crippen molar-refractivity contribution in [3.63, 3.8) is 0 Å². The minimum Gasteiger partial charge on any atom is -0.482 e. The van der Waals surface area contributed by atoms with Crippen LogP contribution in [-0.4, -0.2) is 23.1 Å². The molecule has 1 amide bonds. The highest BCUT2D eigenvalue weighted by Crippen LogP contribution is 2.32. The van der Waals surface area contributed by atoms with E-state index in [2.05, 4.69) is 42.4 Å². The van der Waals surface area contributed by atoms with Crippen LogP contribution in [0.2, 0.25) is 0 Å². The van der Waals surface area contributed by atoms with E-state index in [1.807, 2.05) is 19.1 Å². The Labute approximate surface area is 166 Å². The molecule has 136 valence electrons. The molecule has 0 saturated carbocycles. The predicted octanol–water partition coefficient (Wildman–Crippen LogP) is 4.35. The number of aryl methyl sites for hydroxylation is 1. The van der Waals surface area contributed by atoms with Crippen LogP contribution < -0.4 is 10.2 Å². The summed E-state index contributed by atoms with van der Waals surface area (Å²) in [5.41, 5.74) is 4.21. The van der Waals surface area contributed by atoms with Crippen molar-refractivity contribution in [3.8, 4) is 5.75 Å². The lowest BCUT2D eigenvalue weighted by Crippen LogP contribution is -2.25. The third kappa shape index (κ3) is 5.37. The summed E-state index contributed by atoms with van der Waals surface area (Å²) in [7, 11) is 0. The van der Waals surface area contributed by atoms with E-state index in [1.54, 1.807) is 19.1 Å². The van der Waals surface area contributed by atoms with E-state index in [0.717, 1.165) is 14.5 Å². The Kier molecular flexibility index (Phi) is 6.87. The molecule has 7 nitrogen and oxygen atoms in total. The van der Waals surface area contributed by atoms with Gasteiger partial charge in [-0.15, -0.1) is 0 Å². The number of hydrogen-bond acceptors (Lipinski definition) is 5. The normalized spacial score (nSPS) is 11.2. The lowest BCUT2D eigenvalue weighted by molar-refractivity contribution is -0.384. The van der Waals surface area contributed by atoms with Crippen LogP contribution in [0, 0.1) is 17.0 Å². The Bertz CT molecular complexity index is 861. The Morgan fingerprint density at radius 3 is 2.69 bits per heavy atom. The van der Waals surface area contributed by atoms with Crippen molar-refractivity contribution >= 4 is 49.2 Å². The fourth-order valence-electron chi connectivity index (χ4n) is 2.10. The summed E-state index contributed by atoms with van der Waals surface area (Å²) in [5.74, 6) is 0.131. The molecule has 2 rings (SSSR count). The second-order valence-electron chi connectivity index (χ2n) is 5.36. The largest absolute Gasteiger partial charge is 0.482 e. The fraction of sp³-hybridized carbons (Fsp3) is 0.176. The first kappa shape index (κ1) is 20.1. The Morgan fingerprint density at radius 2 is 2.04 bits per heavy atom. The van der Waals surface area contributed by atoms with E-state index in [9.17, 15) is 14.9 Å². The first-order valence-corrected chi connectivity index (χ1v) is 9.03. The Balaban J connectivity index is 1.99. The predicted molar refractivity (Wildman–Crippen MR) is 106 cm³/mol. The number of nitrogens with one attached hydrogen (secondary N) is 1. The molecule has 0 saturated heterocycles. The van der Waals surface area contributed by atoms with E-state index in [0.29, 0.717) is 17.0 Å². The molecule has 1 N–H and O–H groups in total. The number of nitrogens with zero attached hydrogens (tertiary/aromatic N) is 2. The number of nitro benzene ring substituents is 1. The maximum Gasteiger partial charge on any atom is 0.277 e. The SMILES string of the molecule is CC(=NNC(=O)COc1c(C)cc(Br)cc1Br)c1cccc([N+](=O)[O-])c1. The van der Waals surface area contributed by atoms with Crippen molar-refractivity contribution in [1.29, 1.82) is 0 Å². The molecule has 0 atom stereocenters. The minimum atomic E-state index is -0.485. The minimum absolute atomic E-state index is 0.0396. The van der Waals surface area contributed by atoms with Crippen LogP contribution in [0.1, 0.15) is 18.1 Å². The number of nitro groups is 1. The van der Waals surface area contributed by atoms with Gasteiger partial charge in [-0.3, -0.25) is 14.9 Å². The van der Waals surface area contributed by atoms with Crippen LogP contribution in [0.3, 0.4) is 0 Å². The van der Waals surface area contributed by atoms with Gasteiger partial charge in [0.05, 0.1) is 15.1 Å². The zero-order valence-corrected chi connectivity index (χ0v) is 17.1. The van der Waals surface area contributed by atoms with Gasteiger partial charge in [0.25, 0.3) is 11.6 Å². The van der Waals surface area contributed by atoms with Crippen LogP contribution in [0.5, 0.6) is 5.75 Å². The first-order valence-electron chi connectivity index (χ1n) is 7.44. The molecule has 0 aliphatic heterocycles. The number of hydrogen-bond donors (Lipinski definition) is 1. The highest BCUT2D eigenvalue weighted by molar-refractivity contribution is 9.11. The van der Waals surface area contributed by atoms with Gasteiger partial charge in [0.2, 0.25) is 0 Å². The molecule has 0 unspecified atom stereocenters. The number of benzene rings is 2. The molecular weight excluding hydrogens is 470 g/mol. The van der Waals surface area contributed by atoms with Gasteiger partial charge in [-0.2, -0.15) is 5.10 Å². The van der Waals surface area contributed by atoms with E-state index in [1.165, 1.54) is 12.1 Å². The van der Waals surface area contributed by atoms with Crippen LogP contribution in [0.4, 0.5) is 5.69 Å². The summed E-state index contributed by atoms with van der Waals surface area (Å²) >= 11 is 6.77. The first-order chi connectivity index (χ1) is 12.3. The zero-order valence-electron chi connectivity index (χ0n) is 14.0. The quantitative estimate of drug-likeness (QED) is 0.374. The Hall–Kier alpha value is -2.26. The number of carbonyl (C=O) groups is 1. The lowest BCUT2D eigenvalue weighted by atomic mass is 10.1. The molecular formula is C17H15Br2N3O4. The van der Waals surface area contributed by atoms with Crippen molar-refractivity contribution in [2.45, 2.75) is 13.8 Å². The van der Waals surface area contributed by atoms with Gasteiger partial charge >= 0.3 is 0 Å². The smallest absolute Gasteiger partial charge is 0.277 e.